The summed E-state index contributed by atoms with van der Waals surface area (Å²) in [4.78, 5) is 44.5. The number of imide groups is 1. The summed E-state index contributed by atoms with van der Waals surface area (Å²) >= 11 is 0. The van der Waals surface area contributed by atoms with E-state index in [0.29, 0.717) is 22.9 Å². The van der Waals surface area contributed by atoms with Gasteiger partial charge in [0.1, 0.15) is 6.04 Å². The van der Waals surface area contributed by atoms with Gasteiger partial charge >= 0.3 is 0 Å². The summed E-state index contributed by atoms with van der Waals surface area (Å²) in [6, 6.07) is 20.6. The Morgan fingerprint density at radius 1 is 0.861 bits per heavy atom. The summed E-state index contributed by atoms with van der Waals surface area (Å²) in [6.45, 7) is 0.130. The third-order valence-corrected chi connectivity index (χ3v) is 7.38. The molecule has 7 rings (SSSR count). The van der Waals surface area contributed by atoms with Crippen molar-refractivity contribution < 1.29 is 23.9 Å². The fourth-order valence-corrected chi connectivity index (χ4v) is 5.88. The van der Waals surface area contributed by atoms with Crippen molar-refractivity contribution in [3.05, 3.63) is 90.1 Å². The number of ether oxygens (including phenoxy) is 2. The number of carbonyl (C=O) groups excluding carboxylic acids is 3. The fraction of sp³-hybridized carbons (Fsp3) is 0.179. The summed E-state index contributed by atoms with van der Waals surface area (Å²) in [5.74, 6) is -1.35. The van der Waals surface area contributed by atoms with Gasteiger partial charge in [0, 0.05) is 18.0 Å². The number of benzene rings is 3. The van der Waals surface area contributed by atoms with Crippen LogP contribution < -0.4 is 19.7 Å². The lowest BCUT2D eigenvalue weighted by atomic mass is 9.84. The van der Waals surface area contributed by atoms with Crippen molar-refractivity contribution in [2.24, 2.45) is 11.8 Å². The van der Waals surface area contributed by atoms with Gasteiger partial charge in [-0.3, -0.25) is 14.4 Å². The highest BCUT2D eigenvalue weighted by molar-refractivity contribution is 6.24. The molecule has 4 aliphatic rings. The average molecular weight is 479 g/mol. The smallest absolute Gasteiger partial charge is 0.247 e. The first-order valence-corrected chi connectivity index (χ1v) is 11.8. The Labute approximate surface area is 206 Å². The number of fused-ring (bicyclic) bond motifs is 6. The Hall–Kier alpha value is -4.59. The normalized spacial score (nSPS) is 25.0. The van der Waals surface area contributed by atoms with Crippen LogP contribution in [-0.4, -0.2) is 35.5 Å². The fourth-order valence-electron chi connectivity index (χ4n) is 5.88. The molecule has 178 valence electrons. The maximum Gasteiger partial charge on any atom is 0.247 e. The highest BCUT2D eigenvalue weighted by Crippen LogP contribution is 2.53. The van der Waals surface area contributed by atoms with Crippen molar-refractivity contribution >= 4 is 35.2 Å². The molecule has 8 heteroatoms. The van der Waals surface area contributed by atoms with Crippen molar-refractivity contribution in [3.63, 3.8) is 0 Å². The van der Waals surface area contributed by atoms with E-state index < -0.39 is 23.9 Å². The second-order valence-corrected chi connectivity index (χ2v) is 9.24. The Bertz CT molecular complexity index is 1450. The van der Waals surface area contributed by atoms with E-state index in [1.807, 2.05) is 47.5 Å². The van der Waals surface area contributed by atoms with Crippen molar-refractivity contribution in [1.82, 2.24) is 4.90 Å². The van der Waals surface area contributed by atoms with Gasteiger partial charge in [0.05, 0.1) is 23.6 Å². The van der Waals surface area contributed by atoms with Gasteiger partial charge in [0.2, 0.25) is 24.5 Å². The quantitative estimate of drug-likeness (QED) is 0.578. The number of hydrogen-bond donors (Lipinski definition) is 1. The minimum atomic E-state index is -0.861. The highest BCUT2D eigenvalue weighted by atomic mass is 16.7. The van der Waals surface area contributed by atoms with Gasteiger partial charge in [-0.25, -0.2) is 4.90 Å². The van der Waals surface area contributed by atoms with Crippen molar-refractivity contribution in [2.75, 3.05) is 17.0 Å². The maximum atomic E-state index is 13.8. The van der Waals surface area contributed by atoms with Crippen molar-refractivity contribution in [3.8, 4) is 11.5 Å². The van der Waals surface area contributed by atoms with Gasteiger partial charge in [-0.05, 0) is 41.5 Å². The molecule has 4 heterocycles. The molecule has 36 heavy (non-hydrogen) atoms. The third-order valence-electron chi connectivity index (χ3n) is 7.38. The third kappa shape index (κ3) is 2.90. The van der Waals surface area contributed by atoms with Gasteiger partial charge in [0.25, 0.3) is 0 Å². The molecular formula is C28H21N3O5. The first-order valence-electron chi connectivity index (χ1n) is 11.8. The second kappa shape index (κ2) is 7.71. The SMILES string of the molecule is O=C(Nc1ccc2c(c1)OCO2)[C@@H]1[C@@H]2C(=O)N(c3ccccc3)C(=O)[C@H]2[C@H]2c3ccccc3C=CN12. The van der Waals surface area contributed by atoms with Crippen LogP contribution >= 0.6 is 0 Å². The average Bonchev–Trinajstić information content (AvgIpc) is 3.57. The number of amides is 3. The summed E-state index contributed by atoms with van der Waals surface area (Å²) < 4.78 is 10.8. The largest absolute Gasteiger partial charge is 0.454 e. The summed E-state index contributed by atoms with van der Waals surface area (Å²) in [5.41, 5.74) is 2.96. The Balaban J connectivity index is 1.30. The van der Waals surface area contributed by atoms with E-state index in [2.05, 4.69) is 5.32 Å². The number of para-hydroxylation sites is 1. The molecule has 0 aromatic heterocycles. The van der Waals surface area contributed by atoms with E-state index in [1.54, 1.807) is 42.5 Å². The first kappa shape index (κ1) is 20.8. The molecule has 4 atom stereocenters. The molecule has 2 saturated heterocycles. The van der Waals surface area contributed by atoms with Crippen LogP contribution in [0.15, 0.2) is 79.0 Å². The molecule has 0 aliphatic carbocycles. The number of nitrogens with zero attached hydrogens (tertiary/aromatic N) is 2. The molecule has 8 nitrogen and oxygen atoms in total. The Morgan fingerprint density at radius 2 is 1.61 bits per heavy atom. The Kier molecular flexibility index (Phi) is 4.44. The lowest BCUT2D eigenvalue weighted by Gasteiger charge is -2.35. The van der Waals surface area contributed by atoms with E-state index in [9.17, 15) is 14.4 Å². The molecule has 1 N–H and O–H groups in total. The summed E-state index contributed by atoms with van der Waals surface area (Å²) in [6.07, 6.45) is 3.76. The second-order valence-electron chi connectivity index (χ2n) is 9.24. The van der Waals surface area contributed by atoms with Gasteiger partial charge in [0.15, 0.2) is 11.5 Å². The number of nitrogens with one attached hydrogen (secondary N) is 1. The van der Waals surface area contributed by atoms with Gasteiger partial charge in [-0.1, -0.05) is 42.5 Å². The number of hydrogen-bond acceptors (Lipinski definition) is 6. The topological polar surface area (TPSA) is 88.2 Å². The molecule has 4 aliphatic heterocycles. The molecule has 0 saturated carbocycles. The van der Waals surface area contributed by atoms with Crippen LogP contribution in [0.3, 0.4) is 0 Å². The lowest BCUT2D eigenvalue weighted by molar-refractivity contribution is -0.128. The number of rotatable bonds is 3. The Morgan fingerprint density at radius 3 is 2.47 bits per heavy atom. The molecule has 0 unspecified atom stereocenters. The zero-order valence-corrected chi connectivity index (χ0v) is 19.0. The molecule has 3 aromatic carbocycles. The minimum absolute atomic E-state index is 0.130. The molecule has 0 spiro atoms. The monoisotopic (exact) mass is 479 g/mol. The summed E-state index contributed by atoms with van der Waals surface area (Å²) in [5, 5.41) is 2.94. The van der Waals surface area contributed by atoms with Crippen molar-refractivity contribution in [2.45, 2.75) is 12.1 Å². The molecule has 3 amide bonds. The van der Waals surface area contributed by atoms with Crippen LogP contribution in [0.2, 0.25) is 0 Å². The van der Waals surface area contributed by atoms with Crippen LogP contribution in [0.1, 0.15) is 17.2 Å². The van der Waals surface area contributed by atoms with Crippen LogP contribution in [0.5, 0.6) is 11.5 Å². The maximum absolute atomic E-state index is 13.8. The van der Waals surface area contributed by atoms with Crippen LogP contribution in [0, 0.1) is 11.8 Å². The lowest BCUT2D eigenvalue weighted by Crippen LogP contribution is -2.46. The van der Waals surface area contributed by atoms with E-state index in [-0.39, 0.29) is 24.5 Å². The number of anilines is 2. The zero-order valence-electron chi connectivity index (χ0n) is 19.0. The zero-order chi connectivity index (χ0) is 24.4. The van der Waals surface area contributed by atoms with Crippen molar-refractivity contribution in [1.29, 1.82) is 0 Å². The van der Waals surface area contributed by atoms with E-state index in [0.717, 1.165) is 11.1 Å². The van der Waals surface area contributed by atoms with Crippen LogP contribution in [0.25, 0.3) is 6.08 Å². The minimum Gasteiger partial charge on any atom is -0.454 e. The van der Waals surface area contributed by atoms with Crippen LogP contribution in [-0.2, 0) is 14.4 Å². The predicted octanol–water partition coefficient (Wildman–Crippen LogP) is 3.57. The van der Waals surface area contributed by atoms with E-state index >= 15 is 0 Å². The molecule has 3 aromatic rings. The van der Waals surface area contributed by atoms with Gasteiger partial charge in [-0.15, -0.1) is 0 Å². The summed E-state index contributed by atoms with van der Waals surface area (Å²) in [7, 11) is 0. The molecular weight excluding hydrogens is 458 g/mol. The van der Waals surface area contributed by atoms with E-state index in [1.165, 1.54) is 4.90 Å². The van der Waals surface area contributed by atoms with E-state index in [4.69, 9.17) is 9.47 Å². The van der Waals surface area contributed by atoms with Crippen LogP contribution in [0.4, 0.5) is 11.4 Å². The first-order chi connectivity index (χ1) is 17.6. The standard InChI is InChI=1S/C28H21N3O5/c32-26(29-17-10-11-20-21(14-17)36-15-35-20)25-23-22(24-19-9-5-4-6-16(19)12-13-30(24)25)27(33)31(28(23)34)18-7-2-1-3-8-18/h1-14,22-25H,15H2,(H,29,32)/t22-,23-,24-,25+/m1/s1. The highest BCUT2D eigenvalue weighted by Gasteiger charge is 2.64. The molecule has 2 fully saturated rings. The van der Waals surface area contributed by atoms with Gasteiger partial charge in [-0.2, -0.15) is 0 Å². The molecule has 0 radical (unpaired) electrons. The predicted molar refractivity (Wildman–Crippen MR) is 131 cm³/mol. The molecule has 0 bridgehead atoms. The van der Waals surface area contributed by atoms with Gasteiger partial charge < -0.3 is 19.7 Å². The number of carbonyl (C=O) groups is 3.